The Kier molecular flexibility index (Phi) is 5.09. The first-order chi connectivity index (χ1) is 14.1. The molecule has 0 spiro atoms. The molecular formula is C21H18N4O3S. The third-order valence-corrected chi connectivity index (χ3v) is 5.31. The van der Waals surface area contributed by atoms with E-state index in [-0.39, 0.29) is 18.4 Å². The van der Waals surface area contributed by atoms with Gasteiger partial charge in [0.05, 0.1) is 16.9 Å². The van der Waals surface area contributed by atoms with E-state index in [0.29, 0.717) is 28.7 Å². The lowest BCUT2D eigenvalue weighted by Gasteiger charge is -2.28. The Morgan fingerprint density at radius 2 is 2.28 bits per heavy atom. The van der Waals surface area contributed by atoms with E-state index in [4.69, 9.17) is 4.74 Å². The third-order valence-electron chi connectivity index (χ3n) is 4.43. The molecule has 4 rings (SSSR count). The average molecular weight is 406 g/mol. The smallest absolute Gasteiger partial charge is 0.265 e. The number of anilines is 2. The van der Waals surface area contributed by atoms with Crippen molar-refractivity contribution in [3.63, 3.8) is 0 Å². The Balaban J connectivity index is 1.63. The number of nitrogens with one attached hydrogen (secondary N) is 1. The van der Waals surface area contributed by atoms with Crippen LogP contribution < -0.4 is 15.0 Å². The number of ether oxygens (including phenoxy) is 1. The molecular weight excluding hydrogens is 388 g/mol. The molecule has 0 aliphatic carbocycles. The van der Waals surface area contributed by atoms with E-state index in [1.165, 1.54) is 17.5 Å². The Bertz CT molecular complexity index is 1090. The summed E-state index contributed by atoms with van der Waals surface area (Å²) < 4.78 is 5.53. The number of benzene rings is 1. The number of hydrogen-bond acceptors (Lipinski definition) is 6. The predicted molar refractivity (Wildman–Crippen MR) is 113 cm³/mol. The molecule has 1 aromatic carbocycles. The van der Waals surface area contributed by atoms with E-state index in [0.717, 1.165) is 16.1 Å². The van der Waals surface area contributed by atoms with Gasteiger partial charge in [0, 0.05) is 29.4 Å². The molecule has 7 nitrogen and oxygen atoms in total. The number of amides is 2. The third kappa shape index (κ3) is 3.74. The van der Waals surface area contributed by atoms with E-state index in [1.807, 2.05) is 25.1 Å². The Labute approximate surface area is 171 Å². The molecule has 0 atom stereocenters. The van der Waals surface area contributed by atoms with E-state index in [1.54, 1.807) is 29.3 Å². The SMILES string of the molecule is C=CCN1C(=O)COc2ccc(-c3nc(NC(=O)c4cccnc4)sc3C)cc21. The van der Waals surface area contributed by atoms with Crippen LogP contribution in [0.3, 0.4) is 0 Å². The number of carbonyl (C=O) groups is 2. The number of hydrogen-bond donors (Lipinski definition) is 1. The molecule has 3 aromatic rings. The quantitative estimate of drug-likeness (QED) is 0.654. The summed E-state index contributed by atoms with van der Waals surface area (Å²) in [5, 5.41) is 3.31. The Hall–Kier alpha value is -3.52. The standard InChI is InChI=1S/C21H18N4O3S/c1-3-9-25-16-10-14(6-7-17(16)28-12-18(25)26)19-13(2)29-21(23-19)24-20(27)15-5-4-8-22-11-15/h3-8,10-11H,1,9,12H2,2H3,(H,23,24,27). The first-order valence-electron chi connectivity index (χ1n) is 8.94. The van der Waals surface area contributed by atoms with Gasteiger partial charge in [0.2, 0.25) is 0 Å². The van der Waals surface area contributed by atoms with Crippen LogP contribution in [0, 0.1) is 6.92 Å². The van der Waals surface area contributed by atoms with Crippen molar-refractivity contribution in [1.82, 2.24) is 9.97 Å². The molecule has 29 heavy (non-hydrogen) atoms. The fraction of sp³-hybridized carbons (Fsp3) is 0.143. The van der Waals surface area contributed by atoms with Gasteiger partial charge in [0.25, 0.3) is 11.8 Å². The zero-order valence-corrected chi connectivity index (χ0v) is 16.5. The largest absolute Gasteiger partial charge is 0.482 e. The van der Waals surface area contributed by atoms with E-state index in [9.17, 15) is 9.59 Å². The maximum absolute atomic E-state index is 12.4. The summed E-state index contributed by atoms with van der Waals surface area (Å²) in [7, 11) is 0. The highest BCUT2D eigenvalue weighted by Gasteiger charge is 2.25. The molecule has 0 fully saturated rings. The highest BCUT2D eigenvalue weighted by molar-refractivity contribution is 7.16. The molecule has 1 aliphatic rings. The summed E-state index contributed by atoms with van der Waals surface area (Å²) in [6.07, 6.45) is 4.80. The highest BCUT2D eigenvalue weighted by atomic mass is 32.1. The van der Waals surface area contributed by atoms with Gasteiger partial charge < -0.3 is 9.64 Å². The van der Waals surface area contributed by atoms with Crippen molar-refractivity contribution < 1.29 is 14.3 Å². The fourth-order valence-electron chi connectivity index (χ4n) is 3.06. The van der Waals surface area contributed by atoms with E-state index in [2.05, 4.69) is 21.9 Å². The predicted octanol–water partition coefficient (Wildman–Crippen LogP) is 3.68. The van der Waals surface area contributed by atoms with Crippen molar-refractivity contribution in [2.45, 2.75) is 6.92 Å². The molecule has 0 radical (unpaired) electrons. The molecule has 146 valence electrons. The van der Waals surface area contributed by atoms with Crippen molar-refractivity contribution >= 4 is 34.0 Å². The van der Waals surface area contributed by atoms with Crippen molar-refractivity contribution in [1.29, 1.82) is 0 Å². The maximum Gasteiger partial charge on any atom is 0.265 e. The Morgan fingerprint density at radius 3 is 3.03 bits per heavy atom. The zero-order valence-electron chi connectivity index (χ0n) is 15.7. The fourth-order valence-corrected chi connectivity index (χ4v) is 3.89. The number of nitrogens with zero attached hydrogens (tertiary/aromatic N) is 3. The van der Waals surface area contributed by atoms with E-state index < -0.39 is 0 Å². The van der Waals surface area contributed by atoms with E-state index >= 15 is 0 Å². The van der Waals surface area contributed by atoms with Gasteiger partial charge in [-0.05, 0) is 37.3 Å². The number of rotatable bonds is 5. The minimum Gasteiger partial charge on any atom is -0.482 e. The van der Waals surface area contributed by atoms with Gasteiger partial charge in [0.1, 0.15) is 5.75 Å². The van der Waals surface area contributed by atoms with Gasteiger partial charge in [0.15, 0.2) is 11.7 Å². The first-order valence-corrected chi connectivity index (χ1v) is 9.75. The molecule has 8 heteroatoms. The lowest BCUT2D eigenvalue weighted by molar-refractivity contribution is -0.121. The maximum atomic E-state index is 12.4. The van der Waals surface area contributed by atoms with Crippen LogP contribution in [0.1, 0.15) is 15.2 Å². The van der Waals surface area contributed by atoms with Crippen LogP contribution >= 0.6 is 11.3 Å². The second-order valence-corrected chi connectivity index (χ2v) is 7.59. The Morgan fingerprint density at radius 1 is 1.41 bits per heavy atom. The summed E-state index contributed by atoms with van der Waals surface area (Å²) in [6.45, 7) is 6.08. The van der Waals surface area contributed by atoms with Crippen LogP contribution in [0.15, 0.2) is 55.4 Å². The summed E-state index contributed by atoms with van der Waals surface area (Å²) in [5.74, 6) is 0.266. The normalized spacial score (nSPS) is 12.9. The second kappa shape index (κ2) is 7.84. The monoisotopic (exact) mass is 406 g/mol. The van der Waals surface area contributed by atoms with Gasteiger partial charge >= 0.3 is 0 Å². The molecule has 0 bridgehead atoms. The summed E-state index contributed by atoms with van der Waals surface area (Å²) in [5.41, 5.74) is 2.74. The van der Waals surface area contributed by atoms with Gasteiger partial charge in [-0.3, -0.25) is 19.9 Å². The first kappa shape index (κ1) is 18.8. The molecule has 1 aliphatic heterocycles. The second-order valence-electron chi connectivity index (χ2n) is 6.38. The number of pyridine rings is 1. The topological polar surface area (TPSA) is 84.4 Å². The molecule has 1 N–H and O–H groups in total. The van der Waals surface area contributed by atoms with Crippen molar-refractivity contribution in [2.24, 2.45) is 0 Å². The number of aromatic nitrogens is 2. The summed E-state index contributed by atoms with van der Waals surface area (Å²) in [6, 6.07) is 9.01. The van der Waals surface area contributed by atoms with Gasteiger partial charge in [-0.2, -0.15) is 0 Å². The zero-order chi connectivity index (χ0) is 20.4. The van der Waals surface area contributed by atoms with Crippen molar-refractivity contribution in [3.05, 3.63) is 65.8 Å². The van der Waals surface area contributed by atoms with Crippen LogP contribution in [0.25, 0.3) is 11.3 Å². The molecule has 3 heterocycles. The van der Waals surface area contributed by atoms with Crippen LogP contribution in [0.5, 0.6) is 5.75 Å². The van der Waals surface area contributed by atoms with Gasteiger partial charge in [-0.25, -0.2) is 4.98 Å². The lowest BCUT2D eigenvalue weighted by Crippen LogP contribution is -2.38. The molecule has 0 saturated carbocycles. The molecule has 0 saturated heterocycles. The summed E-state index contributed by atoms with van der Waals surface area (Å²) >= 11 is 1.39. The van der Waals surface area contributed by atoms with Crippen LogP contribution in [-0.2, 0) is 4.79 Å². The minimum absolute atomic E-state index is 0.0143. The molecule has 2 aromatic heterocycles. The van der Waals surface area contributed by atoms with Crippen LogP contribution in [0.2, 0.25) is 0 Å². The van der Waals surface area contributed by atoms with Gasteiger partial charge in [-0.1, -0.05) is 6.08 Å². The van der Waals surface area contributed by atoms with Gasteiger partial charge in [-0.15, -0.1) is 17.9 Å². The molecule has 0 unspecified atom stereocenters. The highest BCUT2D eigenvalue weighted by Crippen LogP contribution is 2.38. The minimum atomic E-state index is -0.264. The van der Waals surface area contributed by atoms with Crippen molar-refractivity contribution in [2.75, 3.05) is 23.4 Å². The number of thiazole rings is 1. The number of aryl methyl sites for hydroxylation is 1. The van der Waals surface area contributed by atoms with Crippen LogP contribution in [0.4, 0.5) is 10.8 Å². The average Bonchev–Trinajstić information content (AvgIpc) is 3.10. The summed E-state index contributed by atoms with van der Waals surface area (Å²) in [4.78, 5) is 35.7. The molecule has 2 amide bonds. The number of carbonyl (C=O) groups excluding carboxylic acids is 2. The van der Waals surface area contributed by atoms with Crippen LogP contribution in [-0.4, -0.2) is 34.9 Å². The lowest BCUT2D eigenvalue weighted by atomic mass is 10.1. The number of fused-ring (bicyclic) bond motifs is 1. The van der Waals surface area contributed by atoms with Crippen molar-refractivity contribution in [3.8, 4) is 17.0 Å².